The lowest BCUT2D eigenvalue weighted by Gasteiger charge is -2.07. The van der Waals surface area contributed by atoms with Crippen LogP contribution in [0.1, 0.15) is 18.1 Å². The number of rotatable bonds is 3. The summed E-state index contributed by atoms with van der Waals surface area (Å²) in [5, 5.41) is 2.47. The van der Waals surface area contributed by atoms with E-state index in [1.165, 1.54) is 6.07 Å². The number of carbonyl (C=O) groups is 1. The Labute approximate surface area is 76.8 Å². The van der Waals surface area contributed by atoms with Crippen molar-refractivity contribution in [1.82, 2.24) is 0 Å². The second kappa shape index (κ2) is 4.03. The average Bonchev–Trinajstić information content (AvgIpc) is 2.11. The Morgan fingerprint density at radius 2 is 2.23 bits per heavy atom. The van der Waals surface area contributed by atoms with Crippen molar-refractivity contribution in [2.24, 2.45) is 0 Å². The normalized spacial score (nSPS) is 9.77. The van der Waals surface area contributed by atoms with Gasteiger partial charge in [0.1, 0.15) is 5.82 Å². The van der Waals surface area contributed by atoms with E-state index in [9.17, 15) is 9.18 Å². The zero-order chi connectivity index (χ0) is 9.84. The van der Waals surface area contributed by atoms with Crippen LogP contribution in [0.5, 0.6) is 0 Å². The smallest absolute Gasteiger partial charge is 0.211 e. The molecule has 1 N–H and O–H groups in total. The predicted molar refractivity (Wildman–Crippen MR) is 50.2 cm³/mol. The summed E-state index contributed by atoms with van der Waals surface area (Å²) in [6, 6.07) is 3.10. The van der Waals surface area contributed by atoms with E-state index >= 15 is 0 Å². The quantitative estimate of drug-likeness (QED) is 0.712. The number of hydrogen-bond acceptors (Lipinski definition) is 1. The highest BCUT2D eigenvalue weighted by Crippen LogP contribution is 2.20. The molecule has 2 nitrogen and oxygen atoms in total. The molecule has 0 bridgehead atoms. The fraction of sp³-hybridized carbons (Fsp3) is 0.300. The van der Waals surface area contributed by atoms with Gasteiger partial charge in [-0.25, -0.2) is 4.39 Å². The molecule has 0 saturated carbocycles. The second-order valence-electron chi connectivity index (χ2n) is 2.87. The van der Waals surface area contributed by atoms with Crippen LogP contribution in [-0.4, -0.2) is 6.41 Å². The molecule has 1 aromatic rings. The zero-order valence-corrected chi connectivity index (χ0v) is 7.73. The van der Waals surface area contributed by atoms with Crippen molar-refractivity contribution in [1.29, 1.82) is 0 Å². The molecule has 0 fully saturated rings. The fourth-order valence-corrected chi connectivity index (χ4v) is 1.23. The third kappa shape index (κ3) is 2.05. The Morgan fingerprint density at radius 3 is 2.77 bits per heavy atom. The number of nitrogens with one attached hydrogen (secondary N) is 1. The minimum absolute atomic E-state index is 0.290. The summed E-state index contributed by atoms with van der Waals surface area (Å²) in [5.74, 6) is -0.290. The van der Waals surface area contributed by atoms with E-state index in [-0.39, 0.29) is 5.82 Å². The average molecular weight is 181 g/mol. The number of amides is 1. The van der Waals surface area contributed by atoms with Gasteiger partial charge >= 0.3 is 0 Å². The highest BCUT2D eigenvalue weighted by atomic mass is 19.1. The third-order valence-corrected chi connectivity index (χ3v) is 1.98. The van der Waals surface area contributed by atoms with E-state index < -0.39 is 0 Å². The number of carbonyl (C=O) groups excluding carboxylic acids is 1. The molecular weight excluding hydrogens is 169 g/mol. The lowest BCUT2D eigenvalue weighted by atomic mass is 10.1. The first-order chi connectivity index (χ1) is 6.19. The van der Waals surface area contributed by atoms with E-state index in [1.807, 2.05) is 6.92 Å². The SMILES string of the molecule is CCc1cc(C)c(F)cc1NC=O. The molecule has 0 saturated heterocycles. The highest BCUT2D eigenvalue weighted by molar-refractivity contribution is 5.73. The van der Waals surface area contributed by atoms with Crippen LogP contribution in [0.4, 0.5) is 10.1 Å². The molecule has 3 heteroatoms. The number of halogens is 1. The summed E-state index contributed by atoms with van der Waals surface area (Å²) >= 11 is 0. The molecule has 1 aromatic carbocycles. The Kier molecular flexibility index (Phi) is 3.01. The largest absolute Gasteiger partial charge is 0.328 e. The van der Waals surface area contributed by atoms with Gasteiger partial charge in [0.2, 0.25) is 6.41 Å². The second-order valence-corrected chi connectivity index (χ2v) is 2.87. The third-order valence-electron chi connectivity index (χ3n) is 1.98. The van der Waals surface area contributed by atoms with E-state index in [0.29, 0.717) is 17.7 Å². The highest BCUT2D eigenvalue weighted by Gasteiger charge is 2.04. The van der Waals surface area contributed by atoms with Gasteiger partial charge in [-0.3, -0.25) is 4.79 Å². The number of aryl methyl sites for hydroxylation is 2. The van der Waals surface area contributed by atoms with Crippen LogP contribution in [0.15, 0.2) is 12.1 Å². The van der Waals surface area contributed by atoms with Crippen molar-refractivity contribution in [2.45, 2.75) is 20.3 Å². The molecule has 0 spiro atoms. The van der Waals surface area contributed by atoms with E-state index in [2.05, 4.69) is 5.32 Å². The Balaban J connectivity index is 3.15. The molecule has 13 heavy (non-hydrogen) atoms. The minimum Gasteiger partial charge on any atom is -0.328 e. The Morgan fingerprint density at radius 1 is 1.54 bits per heavy atom. The van der Waals surface area contributed by atoms with Gasteiger partial charge in [-0.2, -0.15) is 0 Å². The van der Waals surface area contributed by atoms with Crippen molar-refractivity contribution >= 4 is 12.1 Å². The van der Waals surface area contributed by atoms with Crippen LogP contribution in [0, 0.1) is 12.7 Å². The molecule has 1 amide bonds. The molecule has 0 aliphatic rings. The predicted octanol–water partition coefficient (Wildman–Crippen LogP) is 2.26. The lowest BCUT2D eigenvalue weighted by molar-refractivity contribution is -0.105. The summed E-state index contributed by atoms with van der Waals surface area (Å²) in [6.45, 7) is 3.67. The summed E-state index contributed by atoms with van der Waals surface area (Å²) in [4.78, 5) is 10.2. The van der Waals surface area contributed by atoms with Crippen molar-refractivity contribution in [2.75, 3.05) is 5.32 Å². The van der Waals surface area contributed by atoms with Crippen LogP contribution >= 0.6 is 0 Å². The van der Waals surface area contributed by atoms with E-state index in [1.54, 1.807) is 13.0 Å². The number of anilines is 1. The fourth-order valence-electron chi connectivity index (χ4n) is 1.23. The van der Waals surface area contributed by atoms with Gasteiger partial charge in [0, 0.05) is 5.69 Å². The topological polar surface area (TPSA) is 29.1 Å². The maximum Gasteiger partial charge on any atom is 0.211 e. The van der Waals surface area contributed by atoms with Gasteiger partial charge < -0.3 is 5.32 Å². The van der Waals surface area contributed by atoms with E-state index in [4.69, 9.17) is 0 Å². The van der Waals surface area contributed by atoms with Gasteiger partial charge in [-0.15, -0.1) is 0 Å². The summed E-state index contributed by atoms with van der Waals surface area (Å²) in [5.41, 5.74) is 2.11. The molecule has 0 radical (unpaired) electrons. The maximum absolute atomic E-state index is 13.1. The lowest BCUT2D eigenvalue weighted by Crippen LogP contribution is -2.00. The van der Waals surface area contributed by atoms with Crippen molar-refractivity contribution in [3.05, 3.63) is 29.1 Å². The van der Waals surface area contributed by atoms with Crippen LogP contribution < -0.4 is 5.32 Å². The molecule has 0 aliphatic carbocycles. The first-order valence-corrected chi connectivity index (χ1v) is 4.18. The van der Waals surface area contributed by atoms with Crippen LogP contribution in [-0.2, 0) is 11.2 Å². The number of hydrogen-bond donors (Lipinski definition) is 1. The Hall–Kier alpha value is -1.38. The summed E-state index contributed by atoms with van der Waals surface area (Å²) < 4.78 is 13.1. The van der Waals surface area contributed by atoms with Crippen LogP contribution in [0.2, 0.25) is 0 Å². The molecule has 0 aliphatic heterocycles. The van der Waals surface area contributed by atoms with Gasteiger partial charge in [-0.05, 0) is 30.5 Å². The van der Waals surface area contributed by atoms with Crippen molar-refractivity contribution in [3.63, 3.8) is 0 Å². The molecule has 0 aromatic heterocycles. The minimum atomic E-state index is -0.290. The van der Waals surface area contributed by atoms with E-state index in [0.717, 1.165) is 12.0 Å². The monoisotopic (exact) mass is 181 g/mol. The number of benzene rings is 1. The van der Waals surface area contributed by atoms with Crippen LogP contribution in [0.25, 0.3) is 0 Å². The van der Waals surface area contributed by atoms with Crippen molar-refractivity contribution in [3.8, 4) is 0 Å². The molecule has 0 unspecified atom stereocenters. The standard InChI is InChI=1S/C10H12FNO/c1-3-8-4-7(2)9(11)5-10(8)12-6-13/h4-6H,3H2,1-2H3,(H,12,13). The van der Waals surface area contributed by atoms with Gasteiger partial charge in [0.25, 0.3) is 0 Å². The summed E-state index contributed by atoms with van der Waals surface area (Å²) in [7, 11) is 0. The van der Waals surface area contributed by atoms with Gasteiger partial charge in [0.15, 0.2) is 0 Å². The molecule has 70 valence electrons. The molecular formula is C10H12FNO. The molecule has 0 atom stereocenters. The summed E-state index contributed by atoms with van der Waals surface area (Å²) in [6.07, 6.45) is 1.33. The van der Waals surface area contributed by atoms with Gasteiger partial charge in [-0.1, -0.05) is 13.0 Å². The van der Waals surface area contributed by atoms with Gasteiger partial charge in [0.05, 0.1) is 0 Å². The molecule has 1 rings (SSSR count). The Bertz CT molecular complexity index is 323. The van der Waals surface area contributed by atoms with Crippen molar-refractivity contribution < 1.29 is 9.18 Å². The molecule has 0 heterocycles. The first kappa shape index (κ1) is 9.71. The maximum atomic E-state index is 13.1. The van der Waals surface area contributed by atoms with Crippen LogP contribution in [0.3, 0.4) is 0 Å². The zero-order valence-electron chi connectivity index (χ0n) is 7.73. The first-order valence-electron chi connectivity index (χ1n) is 4.18.